The van der Waals surface area contributed by atoms with E-state index in [9.17, 15) is 9.59 Å². The summed E-state index contributed by atoms with van der Waals surface area (Å²) in [6, 6.07) is 0. The van der Waals surface area contributed by atoms with Gasteiger partial charge in [0, 0.05) is 24.3 Å². The third kappa shape index (κ3) is 3.94. The van der Waals surface area contributed by atoms with E-state index in [2.05, 4.69) is 6.58 Å². The Hall–Kier alpha value is -1.03. The predicted molar refractivity (Wildman–Crippen MR) is 48.7 cm³/mol. The second kappa shape index (κ2) is 4.87. The number of nitrogens with zero attached hydrogens (tertiary/aromatic N) is 1. The summed E-state index contributed by atoms with van der Waals surface area (Å²) in [4.78, 5) is 21.7. The number of carbonyl (C=O) groups is 2. The van der Waals surface area contributed by atoms with Crippen molar-refractivity contribution in [1.29, 1.82) is 0 Å². The van der Waals surface area contributed by atoms with Gasteiger partial charge in [-0.1, -0.05) is 6.58 Å². The van der Waals surface area contributed by atoms with Crippen LogP contribution in [-0.2, 0) is 14.3 Å². The lowest BCUT2D eigenvalue weighted by Crippen LogP contribution is -2.32. The van der Waals surface area contributed by atoms with Crippen molar-refractivity contribution in [3.8, 4) is 0 Å². The van der Waals surface area contributed by atoms with Gasteiger partial charge >= 0.3 is 5.97 Å². The van der Waals surface area contributed by atoms with Crippen molar-refractivity contribution in [2.45, 2.75) is 27.0 Å². The molecule has 0 aromatic carbocycles. The summed E-state index contributed by atoms with van der Waals surface area (Å²) in [5.41, 5.74) is 0.264. The number of carbonyl (C=O) groups excluding carboxylic acids is 2. The van der Waals surface area contributed by atoms with Crippen LogP contribution in [0.5, 0.6) is 0 Å². The fraction of sp³-hybridized carbons (Fsp3) is 0.500. The number of esters is 1. The predicted octanol–water partition coefficient (Wildman–Crippen LogP) is 1.45. The van der Waals surface area contributed by atoms with E-state index >= 15 is 0 Å². The van der Waals surface area contributed by atoms with Gasteiger partial charge in [0.15, 0.2) is 6.23 Å². The molecule has 0 bridgehead atoms. The normalized spacial score (nSPS) is 11.7. The van der Waals surface area contributed by atoms with E-state index in [4.69, 9.17) is 16.5 Å². The van der Waals surface area contributed by atoms with Gasteiger partial charge in [0.2, 0.25) is 5.91 Å². The van der Waals surface area contributed by atoms with E-state index in [0.717, 1.165) is 4.42 Å². The summed E-state index contributed by atoms with van der Waals surface area (Å²) < 4.78 is 5.58. The van der Waals surface area contributed by atoms with Crippen molar-refractivity contribution in [1.82, 2.24) is 4.42 Å². The quantitative estimate of drug-likeness (QED) is 0.303. The van der Waals surface area contributed by atoms with Gasteiger partial charge in [0.25, 0.3) is 0 Å². The second-order valence-corrected chi connectivity index (χ2v) is 2.98. The van der Waals surface area contributed by atoms with Gasteiger partial charge in [-0.15, -0.1) is 0 Å². The Labute approximate surface area is 82.2 Å². The van der Waals surface area contributed by atoms with Crippen LogP contribution in [-0.4, -0.2) is 22.5 Å². The number of hydrogen-bond donors (Lipinski definition) is 0. The zero-order valence-corrected chi connectivity index (χ0v) is 8.59. The number of rotatable bonds is 3. The summed E-state index contributed by atoms with van der Waals surface area (Å²) in [7, 11) is 0. The van der Waals surface area contributed by atoms with E-state index in [0.29, 0.717) is 0 Å². The van der Waals surface area contributed by atoms with Gasteiger partial charge in [-0.2, -0.15) is 0 Å². The summed E-state index contributed by atoms with van der Waals surface area (Å²) in [6.07, 6.45) is -0.789. The van der Waals surface area contributed by atoms with Crippen LogP contribution >= 0.6 is 11.8 Å². The lowest BCUT2D eigenvalue weighted by Gasteiger charge is -2.20. The lowest BCUT2D eigenvalue weighted by molar-refractivity contribution is -0.152. The van der Waals surface area contributed by atoms with Gasteiger partial charge < -0.3 is 4.74 Å². The molecule has 0 heterocycles. The smallest absolute Gasteiger partial charge is 0.335 e. The molecule has 0 aliphatic carbocycles. The van der Waals surface area contributed by atoms with Crippen molar-refractivity contribution in [3.05, 3.63) is 12.2 Å². The molecule has 1 atom stereocenters. The summed E-state index contributed by atoms with van der Waals surface area (Å²) in [5, 5.41) is 0. The lowest BCUT2D eigenvalue weighted by atomic mass is 10.4. The number of amides is 1. The fourth-order valence-electron chi connectivity index (χ4n) is 0.558. The zero-order valence-electron chi connectivity index (χ0n) is 7.83. The number of halogens is 1. The third-order valence-electron chi connectivity index (χ3n) is 1.25. The van der Waals surface area contributed by atoms with Gasteiger partial charge in [-0.05, 0) is 13.8 Å². The molecule has 0 aromatic heterocycles. The SMILES string of the molecule is C=C(C)C(=O)OC(C)N(Cl)C(C)=O. The summed E-state index contributed by atoms with van der Waals surface area (Å²) in [6.45, 7) is 7.68. The van der Waals surface area contributed by atoms with E-state index in [1.807, 2.05) is 0 Å². The molecule has 0 N–H and O–H groups in total. The Morgan fingerprint density at radius 2 is 1.92 bits per heavy atom. The number of hydrogen-bond acceptors (Lipinski definition) is 3. The van der Waals surface area contributed by atoms with Gasteiger partial charge in [-0.3, -0.25) is 4.79 Å². The maximum absolute atomic E-state index is 11.0. The van der Waals surface area contributed by atoms with E-state index < -0.39 is 12.2 Å². The highest BCUT2D eigenvalue weighted by molar-refractivity contribution is 6.21. The topological polar surface area (TPSA) is 46.6 Å². The van der Waals surface area contributed by atoms with Crippen molar-refractivity contribution >= 4 is 23.7 Å². The molecule has 4 nitrogen and oxygen atoms in total. The van der Waals surface area contributed by atoms with Crippen LogP contribution in [0.2, 0.25) is 0 Å². The molecule has 0 aliphatic rings. The Kier molecular flexibility index (Phi) is 4.48. The molecule has 1 amide bonds. The van der Waals surface area contributed by atoms with Crippen LogP contribution in [0.15, 0.2) is 12.2 Å². The Balaban J connectivity index is 4.15. The van der Waals surface area contributed by atoms with Crippen molar-refractivity contribution in [2.75, 3.05) is 0 Å². The minimum absolute atomic E-state index is 0.264. The molecule has 0 rings (SSSR count). The summed E-state index contributed by atoms with van der Waals surface area (Å²) >= 11 is 5.49. The minimum atomic E-state index is -0.789. The second-order valence-electron chi connectivity index (χ2n) is 2.62. The molecule has 0 aliphatic heterocycles. The summed E-state index contributed by atoms with van der Waals surface area (Å²) in [5.74, 6) is -0.955. The zero-order chi connectivity index (χ0) is 10.6. The van der Waals surface area contributed by atoms with E-state index in [-0.39, 0.29) is 11.5 Å². The highest BCUT2D eigenvalue weighted by Gasteiger charge is 2.18. The molecule has 0 saturated heterocycles. The maximum atomic E-state index is 11.0. The largest absolute Gasteiger partial charge is 0.437 e. The van der Waals surface area contributed by atoms with Gasteiger partial charge in [0.05, 0.1) is 0 Å². The van der Waals surface area contributed by atoms with Crippen LogP contribution in [0, 0.1) is 0 Å². The van der Waals surface area contributed by atoms with Crippen LogP contribution < -0.4 is 0 Å². The first-order valence-electron chi connectivity index (χ1n) is 3.68. The monoisotopic (exact) mass is 205 g/mol. The molecule has 74 valence electrons. The Bertz CT molecular complexity index is 240. The molecule has 0 fully saturated rings. The Morgan fingerprint density at radius 1 is 1.46 bits per heavy atom. The van der Waals surface area contributed by atoms with Crippen LogP contribution in [0.4, 0.5) is 0 Å². The number of ether oxygens (including phenoxy) is 1. The minimum Gasteiger partial charge on any atom is -0.437 e. The molecule has 0 aromatic rings. The fourth-order valence-corrected chi connectivity index (χ4v) is 0.598. The van der Waals surface area contributed by atoms with Crippen molar-refractivity contribution < 1.29 is 14.3 Å². The molecule has 0 spiro atoms. The highest BCUT2D eigenvalue weighted by atomic mass is 35.5. The van der Waals surface area contributed by atoms with Gasteiger partial charge in [0.1, 0.15) is 0 Å². The molecule has 0 radical (unpaired) electrons. The van der Waals surface area contributed by atoms with Crippen LogP contribution in [0.1, 0.15) is 20.8 Å². The molecule has 5 heteroatoms. The highest BCUT2D eigenvalue weighted by Crippen LogP contribution is 2.07. The van der Waals surface area contributed by atoms with Crippen LogP contribution in [0.3, 0.4) is 0 Å². The first kappa shape index (κ1) is 12.0. The molecular weight excluding hydrogens is 194 g/mol. The third-order valence-corrected chi connectivity index (χ3v) is 1.76. The average molecular weight is 206 g/mol. The molecule has 0 saturated carbocycles. The van der Waals surface area contributed by atoms with E-state index in [1.165, 1.54) is 20.8 Å². The van der Waals surface area contributed by atoms with Gasteiger partial charge in [-0.25, -0.2) is 9.21 Å². The van der Waals surface area contributed by atoms with E-state index in [1.54, 1.807) is 0 Å². The first-order valence-corrected chi connectivity index (χ1v) is 4.02. The molecule has 13 heavy (non-hydrogen) atoms. The first-order chi connectivity index (χ1) is 5.86. The Morgan fingerprint density at radius 3 is 2.23 bits per heavy atom. The van der Waals surface area contributed by atoms with Crippen molar-refractivity contribution in [3.63, 3.8) is 0 Å². The standard InChI is InChI=1S/C8H12ClNO3/c1-5(2)8(12)13-7(4)10(9)6(3)11/h7H,1H2,2-4H3. The molecular formula is C8H12ClNO3. The molecule has 1 unspecified atom stereocenters. The van der Waals surface area contributed by atoms with Crippen LogP contribution in [0.25, 0.3) is 0 Å². The maximum Gasteiger partial charge on any atom is 0.335 e. The average Bonchev–Trinajstić information content (AvgIpc) is 2.02. The van der Waals surface area contributed by atoms with Crippen molar-refractivity contribution in [2.24, 2.45) is 0 Å².